The van der Waals surface area contributed by atoms with Crippen molar-refractivity contribution in [3.63, 3.8) is 0 Å². The summed E-state index contributed by atoms with van der Waals surface area (Å²) < 4.78 is 0. The lowest BCUT2D eigenvalue weighted by molar-refractivity contribution is -0.137. The molecule has 2 rings (SSSR count). The number of carboxylic acid groups (broad SMARTS) is 1. The highest BCUT2D eigenvalue weighted by Gasteiger charge is 2.34. The number of carbonyl (C=O) groups excluding carboxylic acids is 1. The van der Waals surface area contributed by atoms with Crippen molar-refractivity contribution < 1.29 is 19.8 Å². The van der Waals surface area contributed by atoms with Gasteiger partial charge in [0.2, 0.25) is 0 Å². The van der Waals surface area contributed by atoms with E-state index in [-0.39, 0.29) is 24.2 Å². The van der Waals surface area contributed by atoms with Crippen molar-refractivity contribution >= 4 is 11.9 Å². The van der Waals surface area contributed by atoms with Gasteiger partial charge >= 0.3 is 5.97 Å². The SMILES string of the molecule is Cc1cc(C(=O)N(CC(=O)O)C2CC2)ccc1O. The molecule has 0 heterocycles. The molecule has 96 valence electrons. The van der Waals surface area contributed by atoms with Gasteiger partial charge in [0.1, 0.15) is 12.3 Å². The van der Waals surface area contributed by atoms with Gasteiger partial charge in [-0.1, -0.05) is 0 Å². The summed E-state index contributed by atoms with van der Waals surface area (Å²) in [5, 5.41) is 18.2. The summed E-state index contributed by atoms with van der Waals surface area (Å²) in [6.45, 7) is 1.42. The second-order valence-corrected chi connectivity index (χ2v) is 4.56. The average Bonchev–Trinajstić information content (AvgIpc) is 3.12. The van der Waals surface area contributed by atoms with Gasteiger partial charge in [-0.2, -0.15) is 0 Å². The van der Waals surface area contributed by atoms with Crippen LogP contribution in [0.2, 0.25) is 0 Å². The predicted molar refractivity (Wildman–Crippen MR) is 64.5 cm³/mol. The lowest BCUT2D eigenvalue weighted by atomic mass is 10.1. The van der Waals surface area contributed by atoms with Crippen molar-refractivity contribution in [1.29, 1.82) is 0 Å². The molecule has 0 atom stereocenters. The number of phenolic OH excluding ortho intramolecular Hbond substituents is 1. The Morgan fingerprint density at radius 3 is 2.56 bits per heavy atom. The molecule has 1 fully saturated rings. The van der Waals surface area contributed by atoms with Gasteiger partial charge in [-0.05, 0) is 43.5 Å². The van der Waals surface area contributed by atoms with Crippen LogP contribution in [0.3, 0.4) is 0 Å². The highest BCUT2D eigenvalue weighted by Crippen LogP contribution is 2.28. The Morgan fingerprint density at radius 2 is 2.06 bits per heavy atom. The van der Waals surface area contributed by atoms with E-state index < -0.39 is 5.97 Å². The molecule has 1 aromatic rings. The van der Waals surface area contributed by atoms with Gasteiger partial charge in [-0.3, -0.25) is 9.59 Å². The summed E-state index contributed by atoms with van der Waals surface area (Å²) in [7, 11) is 0. The number of carbonyl (C=O) groups is 2. The van der Waals surface area contributed by atoms with Crippen LogP contribution in [0.4, 0.5) is 0 Å². The van der Waals surface area contributed by atoms with Crippen LogP contribution in [0.15, 0.2) is 18.2 Å². The molecule has 0 bridgehead atoms. The van der Waals surface area contributed by atoms with E-state index in [2.05, 4.69) is 0 Å². The molecule has 1 aromatic carbocycles. The van der Waals surface area contributed by atoms with Crippen LogP contribution in [0.5, 0.6) is 5.75 Å². The Hall–Kier alpha value is -2.04. The maximum Gasteiger partial charge on any atom is 0.323 e. The molecule has 0 spiro atoms. The summed E-state index contributed by atoms with van der Waals surface area (Å²) in [4.78, 5) is 24.4. The van der Waals surface area contributed by atoms with E-state index in [9.17, 15) is 14.7 Å². The number of aryl methyl sites for hydroxylation is 1. The molecule has 1 aliphatic carbocycles. The first-order chi connectivity index (χ1) is 8.49. The first-order valence-electron chi connectivity index (χ1n) is 5.81. The number of hydrogen-bond acceptors (Lipinski definition) is 3. The normalized spacial score (nSPS) is 14.3. The van der Waals surface area contributed by atoms with E-state index in [1.54, 1.807) is 13.0 Å². The topological polar surface area (TPSA) is 77.8 Å². The molecule has 0 aromatic heterocycles. The quantitative estimate of drug-likeness (QED) is 0.845. The van der Waals surface area contributed by atoms with Crippen LogP contribution in [0.1, 0.15) is 28.8 Å². The number of phenols is 1. The van der Waals surface area contributed by atoms with E-state index in [0.29, 0.717) is 11.1 Å². The zero-order chi connectivity index (χ0) is 13.3. The summed E-state index contributed by atoms with van der Waals surface area (Å²) in [6.07, 6.45) is 1.71. The third-order valence-electron chi connectivity index (χ3n) is 3.00. The number of aromatic hydroxyl groups is 1. The van der Waals surface area contributed by atoms with Crippen LogP contribution in [-0.2, 0) is 4.79 Å². The number of nitrogens with zero attached hydrogens (tertiary/aromatic N) is 1. The number of benzene rings is 1. The Labute approximate surface area is 105 Å². The van der Waals surface area contributed by atoms with Crippen LogP contribution in [0.25, 0.3) is 0 Å². The van der Waals surface area contributed by atoms with Crippen molar-refractivity contribution in [3.05, 3.63) is 29.3 Å². The van der Waals surface area contributed by atoms with Crippen molar-refractivity contribution in [2.24, 2.45) is 0 Å². The Morgan fingerprint density at radius 1 is 1.39 bits per heavy atom. The van der Waals surface area contributed by atoms with E-state index in [1.165, 1.54) is 17.0 Å². The van der Waals surface area contributed by atoms with Gasteiger partial charge in [0.15, 0.2) is 0 Å². The monoisotopic (exact) mass is 249 g/mol. The lowest BCUT2D eigenvalue weighted by Gasteiger charge is -2.20. The molecule has 1 aliphatic rings. The van der Waals surface area contributed by atoms with Crippen molar-refractivity contribution in [2.45, 2.75) is 25.8 Å². The molecule has 0 aliphatic heterocycles. The summed E-state index contributed by atoms with van der Waals surface area (Å²) in [5.74, 6) is -1.17. The fourth-order valence-corrected chi connectivity index (χ4v) is 1.85. The predicted octanol–water partition coefficient (Wildman–Crippen LogP) is 1.39. The minimum atomic E-state index is -1.01. The number of rotatable bonds is 4. The zero-order valence-corrected chi connectivity index (χ0v) is 10.1. The molecule has 0 radical (unpaired) electrons. The number of hydrogen-bond donors (Lipinski definition) is 2. The molecule has 2 N–H and O–H groups in total. The van der Waals surface area contributed by atoms with Crippen LogP contribution >= 0.6 is 0 Å². The second kappa shape index (κ2) is 4.68. The number of amides is 1. The number of aliphatic carboxylic acids is 1. The average molecular weight is 249 g/mol. The molecule has 0 unspecified atom stereocenters. The van der Waals surface area contributed by atoms with E-state index in [0.717, 1.165) is 12.8 Å². The number of carboxylic acids is 1. The highest BCUT2D eigenvalue weighted by atomic mass is 16.4. The minimum absolute atomic E-state index is 0.0442. The third kappa shape index (κ3) is 2.61. The van der Waals surface area contributed by atoms with Crippen LogP contribution in [-0.4, -0.2) is 39.6 Å². The van der Waals surface area contributed by atoms with Gasteiger partial charge in [0.25, 0.3) is 5.91 Å². The third-order valence-corrected chi connectivity index (χ3v) is 3.00. The molecule has 18 heavy (non-hydrogen) atoms. The van der Waals surface area contributed by atoms with Crippen molar-refractivity contribution in [1.82, 2.24) is 4.90 Å². The van der Waals surface area contributed by atoms with Crippen LogP contribution < -0.4 is 0 Å². The smallest absolute Gasteiger partial charge is 0.323 e. The molecule has 1 saturated carbocycles. The van der Waals surface area contributed by atoms with Crippen molar-refractivity contribution in [3.8, 4) is 5.75 Å². The van der Waals surface area contributed by atoms with E-state index in [1.807, 2.05) is 0 Å². The van der Waals surface area contributed by atoms with Crippen molar-refractivity contribution in [2.75, 3.05) is 6.54 Å². The highest BCUT2D eigenvalue weighted by molar-refractivity contribution is 5.96. The van der Waals surface area contributed by atoms with Crippen LogP contribution in [0, 0.1) is 6.92 Å². The lowest BCUT2D eigenvalue weighted by Crippen LogP contribution is -2.37. The van der Waals surface area contributed by atoms with Gasteiger partial charge < -0.3 is 15.1 Å². The molecule has 5 nitrogen and oxygen atoms in total. The first kappa shape index (κ1) is 12.4. The summed E-state index contributed by atoms with van der Waals surface area (Å²) >= 11 is 0. The summed E-state index contributed by atoms with van der Waals surface area (Å²) in [5.41, 5.74) is 1.02. The fourth-order valence-electron chi connectivity index (χ4n) is 1.85. The molecule has 1 amide bonds. The van der Waals surface area contributed by atoms with Gasteiger partial charge in [0, 0.05) is 11.6 Å². The Bertz CT molecular complexity index is 494. The first-order valence-corrected chi connectivity index (χ1v) is 5.81. The van der Waals surface area contributed by atoms with Gasteiger partial charge in [-0.25, -0.2) is 0 Å². The van der Waals surface area contributed by atoms with Gasteiger partial charge in [-0.15, -0.1) is 0 Å². The zero-order valence-electron chi connectivity index (χ0n) is 10.1. The maximum atomic E-state index is 12.2. The largest absolute Gasteiger partial charge is 0.508 e. The molecule has 0 saturated heterocycles. The standard InChI is InChI=1S/C13H15NO4/c1-8-6-9(2-5-11(8)15)13(18)14(7-12(16)17)10-3-4-10/h2,5-6,10,15H,3-4,7H2,1H3,(H,16,17). The maximum absolute atomic E-state index is 12.2. The minimum Gasteiger partial charge on any atom is -0.508 e. The molecular weight excluding hydrogens is 234 g/mol. The second-order valence-electron chi connectivity index (χ2n) is 4.56. The Kier molecular flexibility index (Phi) is 3.23. The Balaban J connectivity index is 2.21. The fraction of sp³-hybridized carbons (Fsp3) is 0.385. The molecule has 5 heteroatoms. The summed E-state index contributed by atoms with van der Waals surface area (Å²) in [6, 6.07) is 4.59. The van der Waals surface area contributed by atoms with Gasteiger partial charge in [0.05, 0.1) is 0 Å². The van der Waals surface area contributed by atoms with E-state index >= 15 is 0 Å². The molecular formula is C13H15NO4. The van der Waals surface area contributed by atoms with E-state index in [4.69, 9.17) is 5.11 Å².